The lowest BCUT2D eigenvalue weighted by Gasteiger charge is -2.06. The summed E-state index contributed by atoms with van der Waals surface area (Å²) >= 11 is 0. The van der Waals surface area contributed by atoms with E-state index in [2.05, 4.69) is 25.2 Å². The lowest BCUT2D eigenvalue weighted by molar-refractivity contribution is 0.607. The summed E-state index contributed by atoms with van der Waals surface area (Å²) in [6.45, 7) is 0. The minimum absolute atomic E-state index is 0.508. The van der Waals surface area contributed by atoms with Crippen LogP contribution in [0.25, 0.3) is 16.9 Å². The van der Waals surface area contributed by atoms with Crippen LogP contribution >= 0.6 is 0 Å². The highest BCUT2D eigenvalue weighted by Gasteiger charge is 2.06. The predicted octanol–water partition coefficient (Wildman–Crippen LogP) is 3.38. The minimum Gasteiger partial charge on any atom is -0.339 e. The van der Waals surface area contributed by atoms with E-state index in [-0.39, 0.29) is 0 Å². The first kappa shape index (κ1) is 17.8. The first-order valence-corrected chi connectivity index (χ1v) is 10.3. The van der Waals surface area contributed by atoms with E-state index in [0.717, 1.165) is 28.9 Å². The summed E-state index contributed by atoms with van der Waals surface area (Å²) in [6, 6.07) is 16.9. The Morgan fingerprint density at radius 2 is 1.71 bits per heavy atom. The molecule has 0 saturated carbocycles. The molecule has 8 nitrogen and oxygen atoms in total. The van der Waals surface area contributed by atoms with Crippen LogP contribution in [-0.4, -0.2) is 34.4 Å². The summed E-state index contributed by atoms with van der Waals surface area (Å²) in [5, 5.41) is 10.5. The first-order chi connectivity index (χ1) is 13.5. The molecule has 0 bridgehead atoms. The second kappa shape index (κ2) is 7.20. The third-order valence-electron chi connectivity index (χ3n) is 4.02. The molecule has 0 aliphatic carbocycles. The number of imidazole rings is 1. The Labute approximate surface area is 162 Å². The van der Waals surface area contributed by atoms with Crippen molar-refractivity contribution in [1.29, 1.82) is 0 Å². The number of benzene rings is 2. The van der Waals surface area contributed by atoms with Gasteiger partial charge in [-0.25, -0.2) is 13.4 Å². The number of nitrogens with one attached hydrogen (secondary N) is 3. The van der Waals surface area contributed by atoms with E-state index in [1.807, 2.05) is 41.1 Å². The third-order valence-corrected chi connectivity index (χ3v) is 4.63. The number of anilines is 3. The molecular formula is C19H18N6O2S. The van der Waals surface area contributed by atoms with Crippen molar-refractivity contribution < 1.29 is 8.42 Å². The quantitative estimate of drug-likeness (QED) is 0.465. The van der Waals surface area contributed by atoms with Gasteiger partial charge in [0, 0.05) is 35.5 Å². The number of aromatic amines is 1. The van der Waals surface area contributed by atoms with Gasteiger partial charge in [0.1, 0.15) is 0 Å². The second-order valence-corrected chi connectivity index (χ2v) is 8.01. The summed E-state index contributed by atoms with van der Waals surface area (Å²) in [5.41, 5.74) is 4.23. The topological polar surface area (TPSA) is 105 Å². The average Bonchev–Trinajstić information content (AvgIpc) is 3.34. The highest BCUT2D eigenvalue weighted by atomic mass is 32.2. The molecule has 9 heteroatoms. The zero-order valence-electron chi connectivity index (χ0n) is 15.0. The third kappa shape index (κ3) is 4.21. The van der Waals surface area contributed by atoms with E-state index >= 15 is 0 Å². The van der Waals surface area contributed by atoms with Gasteiger partial charge in [0.25, 0.3) is 0 Å². The molecule has 3 N–H and O–H groups in total. The fourth-order valence-electron chi connectivity index (χ4n) is 2.74. The molecule has 0 radical (unpaired) electrons. The van der Waals surface area contributed by atoms with E-state index < -0.39 is 10.0 Å². The van der Waals surface area contributed by atoms with Crippen molar-refractivity contribution in [1.82, 2.24) is 19.7 Å². The molecule has 0 amide bonds. The molecule has 0 spiro atoms. The van der Waals surface area contributed by atoms with Crippen molar-refractivity contribution in [2.45, 2.75) is 0 Å². The molecule has 4 aromatic rings. The standard InChI is InChI=1S/C19H18N6O2S/c1-28(26,27)24-16-6-4-15(5-7-16)21-19-12-18(22-23-19)14-2-8-17(9-3-14)25-11-10-20-13-25/h2-13,24H,1H3,(H2,21,22,23). The SMILES string of the molecule is CS(=O)(=O)Nc1ccc(Nc2cc(-c3ccc(-n4ccnc4)cc3)[nH]n2)cc1. The Kier molecular flexibility index (Phi) is 4.58. The highest BCUT2D eigenvalue weighted by molar-refractivity contribution is 7.92. The predicted molar refractivity (Wildman–Crippen MR) is 109 cm³/mol. The number of nitrogens with zero attached hydrogens (tertiary/aromatic N) is 3. The molecule has 2 heterocycles. The lowest BCUT2D eigenvalue weighted by atomic mass is 10.1. The van der Waals surface area contributed by atoms with Crippen molar-refractivity contribution in [3.63, 3.8) is 0 Å². The Bertz CT molecular complexity index is 1160. The summed E-state index contributed by atoms with van der Waals surface area (Å²) < 4.78 is 26.9. The zero-order valence-corrected chi connectivity index (χ0v) is 15.8. The molecule has 2 aromatic heterocycles. The van der Waals surface area contributed by atoms with Crippen molar-refractivity contribution in [2.24, 2.45) is 0 Å². The Morgan fingerprint density at radius 3 is 2.36 bits per heavy atom. The molecule has 142 valence electrons. The molecule has 0 aliphatic heterocycles. The number of H-pyrrole nitrogens is 1. The van der Waals surface area contributed by atoms with Crippen LogP contribution < -0.4 is 10.0 Å². The van der Waals surface area contributed by atoms with Crippen LogP contribution in [0.2, 0.25) is 0 Å². The Hall–Kier alpha value is -3.59. The van der Waals surface area contributed by atoms with Gasteiger partial charge >= 0.3 is 0 Å². The molecule has 0 saturated heterocycles. The van der Waals surface area contributed by atoms with Crippen LogP contribution in [0, 0.1) is 0 Å². The van der Waals surface area contributed by atoms with E-state index in [9.17, 15) is 8.42 Å². The second-order valence-electron chi connectivity index (χ2n) is 6.26. The Balaban J connectivity index is 1.46. The largest absolute Gasteiger partial charge is 0.339 e. The average molecular weight is 394 g/mol. The maximum Gasteiger partial charge on any atom is 0.229 e. The molecule has 28 heavy (non-hydrogen) atoms. The molecular weight excluding hydrogens is 376 g/mol. The molecule has 0 fully saturated rings. The van der Waals surface area contributed by atoms with Gasteiger partial charge in [0.2, 0.25) is 10.0 Å². The highest BCUT2D eigenvalue weighted by Crippen LogP contribution is 2.24. The van der Waals surface area contributed by atoms with Crippen molar-refractivity contribution in [3.05, 3.63) is 73.3 Å². The molecule has 0 atom stereocenters. The van der Waals surface area contributed by atoms with Gasteiger partial charge < -0.3 is 9.88 Å². The summed E-state index contributed by atoms with van der Waals surface area (Å²) in [5.74, 6) is 0.664. The number of sulfonamides is 1. The normalized spacial score (nSPS) is 11.3. The van der Waals surface area contributed by atoms with Gasteiger partial charge in [-0.3, -0.25) is 9.82 Å². The van der Waals surface area contributed by atoms with E-state index in [1.165, 1.54) is 0 Å². The minimum atomic E-state index is -3.29. The van der Waals surface area contributed by atoms with Gasteiger partial charge in [0.15, 0.2) is 5.82 Å². The molecule has 0 aliphatic rings. The zero-order chi connectivity index (χ0) is 19.6. The molecule has 2 aromatic carbocycles. The van der Waals surface area contributed by atoms with Crippen LogP contribution in [0.3, 0.4) is 0 Å². The maximum atomic E-state index is 11.3. The Morgan fingerprint density at radius 1 is 1.00 bits per heavy atom. The van der Waals surface area contributed by atoms with Crippen LogP contribution in [0.15, 0.2) is 73.3 Å². The number of hydrogen-bond donors (Lipinski definition) is 3. The fraction of sp³-hybridized carbons (Fsp3) is 0.0526. The maximum absolute atomic E-state index is 11.3. The van der Waals surface area contributed by atoms with E-state index in [1.54, 1.807) is 36.8 Å². The summed E-state index contributed by atoms with van der Waals surface area (Å²) in [4.78, 5) is 4.05. The van der Waals surface area contributed by atoms with Crippen LogP contribution in [0.4, 0.5) is 17.2 Å². The first-order valence-electron chi connectivity index (χ1n) is 8.45. The van der Waals surface area contributed by atoms with Crippen molar-refractivity contribution in [2.75, 3.05) is 16.3 Å². The van der Waals surface area contributed by atoms with Crippen molar-refractivity contribution in [3.8, 4) is 16.9 Å². The van der Waals surface area contributed by atoms with Gasteiger partial charge in [0.05, 0.1) is 18.3 Å². The van der Waals surface area contributed by atoms with Gasteiger partial charge in [-0.1, -0.05) is 12.1 Å². The van der Waals surface area contributed by atoms with Crippen LogP contribution in [0.1, 0.15) is 0 Å². The van der Waals surface area contributed by atoms with E-state index in [0.29, 0.717) is 11.5 Å². The number of rotatable bonds is 6. The fourth-order valence-corrected chi connectivity index (χ4v) is 3.31. The van der Waals surface area contributed by atoms with Crippen molar-refractivity contribution >= 4 is 27.2 Å². The molecule has 0 unspecified atom stereocenters. The van der Waals surface area contributed by atoms with Crippen LogP contribution in [-0.2, 0) is 10.0 Å². The number of aromatic nitrogens is 4. The number of hydrogen-bond acceptors (Lipinski definition) is 5. The molecule has 4 rings (SSSR count). The monoisotopic (exact) mass is 394 g/mol. The summed E-state index contributed by atoms with van der Waals surface area (Å²) in [6.07, 6.45) is 6.50. The van der Waals surface area contributed by atoms with E-state index in [4.69, 9.17) is 0 Å². The summed E-state index contributed by atoms with van der Waals surface area (Å²) in [7, 11) is -3.29. The van der Waals surface area contributed by atoms with Gasteiger partial charge in [-0.15, -0.1) is 0 Å². The van der Waals surface area contributed by atoms with Crippen LogP contribution in [0.5, 0.6) is 0 Å². The smallest absolute Gasteiger partial charge is 0.229 e. The lowest BCUT2D eigenvalue weighted by Crippen LogP contribution is -2.09. The van der Waals surface area contributed by atoms with Gasteiger partial charge in [-0.05, 0) is 42.0 Å². The van der Waals surface area contributed by atoms with Gasteiger partial charge in [-0.2, -0.15) is 5.10 Å².